The highest BCUT2D eigenvalue weighted by Gasteiger charge is 2.04. The summed E-state index contributed by atoms with van der Waals surface area (Å²) in [5, 5.41) is 0. The number of H-pyrrole nitrogens is 1. The van der Waals surface area contributed by atoms with E-state index in [1.54, 1.807) is 6.20 Å². The van der Waals surface area contributed by atoms with Gasteiger partial charge in [-0.15, -0.1) is 0 Å². The molecular formula is C11H12N2O. The van der Waals surface area contributed by atoms with Gasteiger partial charge in [0, 0.05) is 6.20 Å². The molecule has 3 nitrogen and oxygen atoms in total. The Labute approximate surface area is 82.4 Å². The molecule has 72 valence electrons. The summed E-state index contributed by atoms with van der Waals surface area (Å²) < 4.78 is 5.30. The van der Waals surface area contributed by atoms with Gasteiger partial charge in [-0.1, -0.05) is 6.58 Å². The van der Waals surface area contributed by atoms with Gasteiger partial charge in [-0.2, -0.15) is 0 Å². The summed E-state index contributed by atoms with van der Waals surface area (Å²) in [7, 11) is 0. The molecule has 2 aromatic heterocycles. The Balaban J connectivity index is 2.40. The lowest BCUT2D eigenvalue weighted by Crippen LogP contribution is -1.89. The summed E-state index contributed by atoms with van der Waals surface area (Å²) in [5.74, 6) is 0.658. The molecule has 0 bridgehead atoms. The maximum Gasteiger partial charge on any atom is 0.135 e. The Bertz CT molecular complexity index is 426. The summed E-state index contributed by atoms with van der Waals surface area (Å²) in [5.41, 5.74) is 2.83. The molecule has 0 aromatic carbocycles. The van der Waals surface area contributed by atoms with Crippen LogP contribution >= 0.6 is 0 Å². The topological polar surface area (TPSA) is 37.9 Å². The van der Waals surface area contributed by atoms with E-state index < -0.39 is 0 Å². The number of nitrogens with one attached hydrogen (secondary N) is 1. The molecule has 2 aromatic rings. The van der Waals surface area contributed by atoms with E-state index in [0.29, 0.717) is 12.4 Å². The molecule has 0 radical (unpaired) electrons. The Hall–Kier alpha value is -1.77. The van der Waals surface area contributed by atoms with Crippen molar-refractivity contribution in [2.75, 3.05) is 6.61 Å². The Morgan fingerprint density at radius 1 is 1.64 bits per heavy atom. The molecule has 2 heterocycles. The van der Waals surface area contributed by atoms with Gasteiger partial charge < -0.3 is 9.72 Å². The quantitative estimate of drug-likeness (QED) is 0.752. The second-order valence-electron chi connectivity index (χ2n) is 2.98. The van der Waals surface area contributed by atoms with Gasteiger partial charge in [-0.05, 0) is 25.1 Å². The van der Waals surface area contributed by atoms with Crippen LogP contribution in [-0.2, 0) is 4.74 Å². The fourth-order valence-electron chi connectivity index (χ4n) is 1.36. The molecule has 0 aliphatic carbocycles. The SMILES string of the molecule is C=C(OCC)c1cc2ncccc2[nH]1. The average molecular weight is 188 g/mol. The van der Waals surface area contributed by atoms with Crippen LogP contribution in [0.1, 0.15) is 12.6 Å². The molecular weight excluding hydrogens is 176 g/mol. The third-order valence-electron chi connectivity index (χ3n) is 2.01. The van der Waals surface area contributed by atoms with Crippen LogP contribution in [0.25, 0.3) is 16.8 Å². The smallest absolute Gasteiger partial charge is 0.135 e. The molecule has 14 heavy (non-hydrogen) atoms. The van der Waals surface area contributed by atoms with Crippen LogP contribution in [0.2, 0.25) is 0 Å². The number of aromatic amines is 1. The maximum absolute atomic E-state index is 5.30. The molecule has 0 aliphatic heterocycles. The predicted octanol–water partition coefficient (Wildman–Crippen LogP) is 2.57. The van der Waals surface area contributed by atoms with Gasteiger partial charge in [0.2, 0.25) is 0 Å². The van der Waals surface area contributed by atoms with Crippen LogP contribution < -0.4 is 0 Å². The van der Waals surface area contributed by atoms with Gasteiger partial charge >= 0.3 is 0 Å². The number of ether oxygens (including phenoxy) is 1. The highest BCUT2D eigenvalue weighted by molar-refractivity contribution is 5.79. The van der Waals surface area contributed by atoms with Gasteiger partial charge in [-0.25, -0.2) is 0 Å². The molecule has 0 atom stereocenters. The summed E-state index contributed by atoms with van der Waals surface area (Å²) >= 11 is 0. The predicted molar refractivity (Wildman–Crippen MR) is 56.8 cm³/mol. The molecule has 0 saturated carbocycles. The molecule has 0 amide bonds. The lowest BCUT2D eigenvalue weighted by Gasteiger charge is -2.02. The summed E-state index contributed by atoms with van der Waals surface area (Å²) in [6.45, 7) is 6.39. The monoisotopic (exact) mass is 188 g/mol. The van der Waals surface area contributed by atoms with Crippen LogP contribution in [-0.4, -0.2) is 16.6 Å². The van der Waals surface area contributed by atoms with Crippen LogP contribution in [0, 0.1) is 0 Å². The van der Waals surface area contributed by atoms with E-state index in [1.165, 1.54) is 0 Å². The highest BCUT2D eigenvalue weighted by Crippen LogP contribution is 2.18. The number of hydrogen-bond acceptors (Lipinski definition) is 2. The minimum absolute atomic E-state index is 0.627. The fraction of sp³-hybridized carbons (Fsp3) is 0.182. The molecule has 0 saturated heterocycles. The maximum atomic E-state index is 5.30. The van der Waals surface area contributed by atoms with E-state index in [9.17, 15) is 0 Å². The Morgan fingerprint density at radius 3 is 3.21 bits per heavy atom. The normalized spacial score (nSPS) is 10.4. The van der Waals surface area contributed by atoms with Crippen LogP contribution in [0.15, 0.2) is 31.0 Å². The lowest BCUT2D eigenvalue weighted by molar-refractivity contribution is 0.298. The molecule has 2 rings (SSSR count). The first-order valence-electron chi connectivity index (χ1n) is 4.57. The number of rotatable bonds is 3. The zero-order valence-electron chi connectivity index (χ0n) is 8.08. The second-order valence-corrected chi connectivity index (χ2v) is 2.98. The first kappa shape index (κ1) is 8.81. The van der Waals surface area contributed by atoms with E-state index in [2.05, 4.69) is 16.5 Å². The summed E-state index contributed by atoms with van der Waals surface area (Å²) in [6.07, 6.45) is 1.77. The largest absolute Gasteiger partial charge is 0.492 e. The van der Waals surface area contributed by atoms with Gasteiger partial charge in [-0.3, -0.25) is 4.98 Å². The van der Waals surface area contributed by atoms with Crippen molar-refractivity contribution in [3.8, 4) is 0 Å². The first-order valence-corrected chi connectivity index (χ1v) is 4.57. The molecule has 3 heteroatoms. The Kier molecular flexibility index (Phi) is 2.23. The lowest BCUT2D eigenvalue weighted by atomic mass is 10.3. The molecule has 0 spiro atoms. The number of fused-ring (bicyclic) bond motifs is 1. The number of aromatic nitrogens is 2. The van der Waals surface area contributed by atoms with E-state index in [1.807, 2.05) is 25.1 Å². The summed E-state index contributed by atoms with van der Waals surface area (Å²) in [4.78, 5) is 7.41. The van der Waals surface area contributed by atoms with Crippen molar-refractivity contribution >= 4 is 16.8 Å². The zero-order valence-corrected chi connectivity index (χ0v) is 8.08. The standard InChI is InChI=1S/C11H12N2O/c1-3-14-8(2)10-7-11-9(13-10)5-4-6-12-11/h4-7,13H,2-3H2,1H3. The second kappa shape index (κ2) is 3.54. The van der Waals surface area contributed by atoms with Crippen LogP contribution in [0.4, 0.5) is 0 Å². The number of nitrogens with zero attached hydrogens (tertiary/aromatic N) is 1. The van der Waals surface area contributed by atoms with Gasteiger partial charge in [0.1, 0.15) is 5.76 Å². The van der Waals surface area contributed by atoms with E-state index in [-0.39, 0.29) is 0 Å². The fourth-order valence-corrected chi connectivity index (χ4v) is 1.36. The van der Waals surface area contributed by atoms with Gasteiger partial charge in [0.25, 0.3) is 0 Å². The molecule has 0 unspecified atom stereocenters. The first-order chi connectivity index (χ1) is 6.81. The molecule has 1 N–H and O–H groups in total. The van der Waals surface area contributed by atoms with Crippen molar-refractivity contribution in [1.82, 2.24) is 9.97 Å². The van der Waals surface area contributed by atoms with Crippen molar-refractivity contribution in [2.45, 2.75) is 6.92 Å². The third-order valence-corrected chi connectivity index (χ3v) is 2.01. The third kappa shape index (κ3) is 1.48. The molecule has 0 aliphatic rings. The van der Waals surface area contributed by atoms with E-state index in [0.717, 1.165) is 16.7 Å². The summed E-state index contributed by atoms with van der Waals surface area (Å²) in [6, 6.07) is 5.81. The number of pyridine rings is 1. The zero-order chi connectivity index (χ0) is 9.97. The van der Waals surface area contributed by atoms with Crippen molar-refractivity contribution in [3.63, 3.8) is 0 Å². The van der Waals surface area contributed by atoms with Crippen molar-refractivity contribution in [1.29, 1.82) is 0 Å². The van der Waals surface area contributed by atoms with Crippen LogP contribution in [0.5, 0.6) is 0 Å². The van der Waals surface area contributed by atoms with E-state index >= 15 is 0 Å². The molecule has 0 fully saturated rings. The minimum Gasteiger partial charge on any atom is -0.492 e. The average Bonchev–Trinajstić information content (AvgIpc) is 2.61. The van der Waals surface area contributed by atoms with Crippen molar-refractivity contribution in [2.24, 2.45) is 0 Å². The van der Waals surface area contributed by atoms with E-state index in [4.69, 9.17) is 4.74 Å². The van der Waals surface area contributed by atoms with Crippen LogP contribution in [0.3, 0.4) is 0 Å². The Morgan fingerprint density at radius 2 is 2.50 bits per heavy atom. The minimum atomic E-state index is 0.627. The van der Waals surface area contributed by atoms with Crippen molar-refractivity contribution < 1.29 is 4.74 Å². The number of hydrogen-bond donors (Lipinski definition) is 1. The van der Waals surface area contributed by atoms with Crippen molar-refractivity contribution in [3.05, 3.63) is 36.7 Å². The highest BCUT2D eigenvalue weighted by atomic mass is 16.5. The van der Waals surface area contributed by atoms with Gasteiger partial charge in [0.05, 0.1) is 23.3 Å². The van der Waals surface area contributed by atoms with Gasteiger partial charge in [0.15, 0.2) is 0 Å².